The lowest BCUT2D eigenvalue weighted by atomic mass is 10.2. The molecule has 0 bridgehead atoms. The van der Waals surface area contributed by atoms with E-state index < -0.39 is 0 Å². The zero-order valence-corrected chi connectivity index (χ0v) is 14.1. The van der Waals surface area contributed by atoms with Gasteiger partial charge < -0.3 is 10.2 Å². The summed E-state index contributed by atoms with van der Waals surface area (Å²) in [5.41, 5.74) is 0. The monoisotopic (exact) mass is 321 g/mol. The number of aromatic nitrogens is 2. The second kappa shape index (κ2) is 8.70. The SMILES string of the molecule is c1cnc(N2CCN(CCCN[C@H]3CCCSC3)CC2)nc1. The molecule has 122 valence electrons. The van der Waals surface area contributed by atoms with Gasteiger partial charge in [0.15, 0.2) is 0 Å². The van der Waals surface area contributed by atoms with Crippen molar-refractivity contribution < 1.29 is 0 Å². The van der Waals surface area contributed by atoms with Crippen LogP contribution >= 0.6 is 11.8 Å². The summed E-state index contributed by atoms with van der Waals surface area (Å²) >= 11 is 2.10. The molecule has 0 aliphatic carbocycles. The molecule has 0 aromatic carbocycles. The first kappa shape index (κ1) is 16.0. The van der Waals surface area contributed by atoms with Crippen molar-refractivity contribution in [2.24, 2.45) is 0 Å². The summed E-state index contributed by atoms with van der Waals surface area (Å²) < 4.78 is 0. The Morgan fingerprint density at radius 3 is 2.73 bits per heavy atom. The van der Waals surface area contributed by atoms with Crippen LogP contribution in [0, 0.1) is 0 Å². The second-order valence-corrected chi connectivity index (χ2v) is 7.25. The Morgan fingerprint density at radius 2 is 2.00 bits per heavy atom. The highest BCUT2D eigenvalue weighted by atomic mass is 32.2. The summed E-state index contributed by atoms with van der Waals surface area (Å²) in [5, 5.41) is 3.72. The Morgan fingerprint density at radius 1 is 1.18 bits per heavy atom. The average molecular weight is 321 g/mol. The molecule has 2 aliphatic heterocycles. The van der Waals surface area contributed by atoms with Crippen LogP contribution < -0.4 is 10.2 Å². The molecule has 22 heavy (non-hydrogen) atoms. The molecular weight excluding hydrogens is 294 g/mol. The van der Waals surface area contributed by atoms with Crippen molar-refractivity contribution in [3.05, 3.63) is 18.5 Å². The first-order valence-electron chi connectivity index (χ1n) is 8.47. The van der Waals surface area contributed by atoms with Gasteiger partial charge in [-0.2, -0.15) is 11.8 Å². The molecule has 0 radical (unpaired) electrons. The smallest absolute Gasteiger partial charge is 0.225 e. The van der Waals surface area contributed by atoms with E-state index in [0.717, 1.165) is 44.7 Å². The normalized spacial score (nSPS) is 23.6. The number of nitrogens with zero attached hydrogens (tertiary/aromatic N) is 4. The Hall–Kier alpha value is -0.850. The molecule has 2 saturated heterocycles. The van der Waals surface area contributed by atoms with Gasteiger partial charge in [0.2, 0.25) is 5.95 Å². The Balaban J connectivity index is 1.29. The van der Waals surface area contributed by atoms with Crippen molar-refractivity contribution >= 4 is 17.7 Å². The van der Waals surface area contributed by atoms with Crippen molar-refractivity contribution in [1.29, 1.82) is 0 Å². The highest BCUT2D eigenvalue weighted by molar-refractivity contribution is 7.99. The molecule has 0 amide bonds. The van der Waals surface area contributed by atoms with Gasteiger partial charge in [-0.25, -0.2) is 9.97 Å². The van der Waals surface area contributed by atoms with E-state index in [9.17, 15) is 0 Å². The van der Waals surface area contributed by atoms with Crippen molar-refractivity contribution in [1.82, 2.24) is 20.2 Å². The van der Waals surface area contributed by atoms with Gasteiger partial charge in [0.05, 0.1) is 0 Å². The first-order chi connectivity index (χ1) is 10.9. The topological polar surface area (TPSA) is 44.3 Å². The molecule has 0 unspecified atom stereocenters. The molecule has 2 fully saturated rings. The number of nitrogens with one attached hydrogen (secondary N) is 1. The van der Waals surface area contributed by atoms with Crippen molar-refractivity contribution in [2.45, 2.75) is 25.3 Å². The van der Waals surface area contributed by atoms with E-state index in [1.807, 2.05) is 18.5 Å². The number of hydrogen-bond acceptors (Lipinski definition) is 6. The van der Waals surface area contributed by atoms with Gasteiger partial charge in [-0.05, 0) is 44.2 Å². The van der Waals surface area contributed by atoms with Gasteiger partial charge in [-0.1, -0.05) is 0 Å². The van der Waals surface area contributed by atoms with Crippen LogP contribution in [0.1, 0.15) is 19.3 Å². The van der Waals surface area contributed by atoms with Crippen LogP contribution in [0.2, 0.25) is 0 Å². The van der Waals surface area contributed by atoms with Gasteiger partial charge in [0.1, 0.15) is 0 Å². The molecule has 0 spiro atoms. The summed E-state index contributed by atoms with van der Waals surface area (Å²) in [5.74, 6) is 3.53. The third-order valence-electron chi connectivity index (χ3n) is 4.45. The van der Waals surface area contributed by atoms with Gasteiger partial charge in [-0.3, -0.25) is 4.90 Å². The van der Waals surface area contributed by atoms with Crippen LogP contribution in [-0.4, -0.2) is 71.7 Å². The molecule has 5 nitrogen and oxygen atoms in total. The maximum absolute atomic E-state index is 4.34. The Bertz CT molecular complexity index is 416. The maximum atomic E-state index is 4.34. The lowest BCUT2D eigenvalue weighted by Gasteiger charge is -2.34. The van der Waals surface area contributed by atoms with Crippen molar-refractivity contribution in [2.75, 3.05) is 55.7 Å². The number of piperazine rings is 1. The first-order valence-corrected chi connectivity index (χ1v) is 9.63. The van der Waals surface area contributed by atoms with E-state index in [-0.39, 0.29) is 0 Å². The highest BCUT2D eigenvalue weighted by Crippen LogP contribution is 2.16. The molecule has 3 heterocycles. The average Bonchev–Trinajstić information content (AvgIpc) is 2.61. The lowest BCUT2D eigenvalue weighted by Crippen LogP contribution is -2.47. The summed E-state index contributed by atoms with van der Waals surface area (Å²) in [6.45, 7) is 6.69. The molecular formula is C16H27N5S. The van der Waals surface area contributed by atoms with Crippen molar-refractivity contribution in [3.63, 3.8) is 0 Å². The molecule has 0 saturated carbocycles. The quantitative estimate of drug-likeness (QED) is 0.801. The van der Waals surface area contributed by atoms with E-state index in [2.05, 4.69) is 36.8 Å². The van der Waals surface area contributed by atoms with E-state index in [1.165, 1.54) is 37.3 Å². The Kier molecular flexibility index (Phi) is 6.33. The molecule has 6 heteroatoms. The number of anilines is 1. The van der Waals surface area contributed by atoms with Gasteiger partial charge in [0, 0.05) is 50.4 Å². The minimum absolute atomic E-state index is 0.755. The van der Waals surface area contributed by atoms with Crippen LogP contribution in [0.3, 0.4) is 0 Å². The van der Waals surface area contributed by atoms with Gasteiger partial charge in [-0.15, -0.1) is 0 Å². The van der Waals surface area contributed by atoms with E-state index in [1.54, 1.807) is 0 Å². The van der Waals surface area contributed by atoms with E-state index in [4.69, 9.17) is 0 Å². The minimum Gasteiger partial charge on any atom is -0.338 e. The fourth-order valence-electron chi connectivity index (χ4n) is 3.14. The Labute approximate surface area is 137 Å². The second-order valence-electron chi connectivity index (χ2n) is 6.10. The molecule has 1 atom stereocenters. The molecule has 1 aromatic rings. The third-order valence-corrected chi connectivity index (χ3v) is 5.67. The maximum Gasteiger partial charge on any atom is 0.225 e. The highest BCUT2D eigenvalue weighted by Gasteiger charge is 2.18. The molecule has 1 aromatic heterocycles. The van der Waals surface area contributed by atoms with Crippen LogP contribution in [-0.2, 0) is 0 Å². The standard InChI is InChI=1S/C16H27N5S/c1-4-15(14-22-13-1)17-7-3-8-20-9-11-21(12-10-20)16-18-5-2-6-19-16/h2,5-6,15,17H,1,3-4,7-14H2/t15-/m0/s1. The summed E-state index contributed by atoms with van der Waals surface area (Å²) in [7, 11) is 0. The van der Waals surface area contributed by atoms with Crippen LogP contribution in [0.5, 0.6) is 0 Å². The number of hydrogen-bond donors (Lipinski definition) is 1. The number of thioether (sulfide) groups is 1. The predicted molar refractivity (Wildman–Crippen MR) is 93.7 cm³/mol. The summed E-state index contributed by atoms with van der Waals surface area (Å²) in [4.78, 5) is 13.5. The molecule has 3 rings (SSSR count). The van der Waals surface area contributed by atoms with E-state index >= 15 is 0 Å². The molecule has 1 N–H and O–H groups in total. The van der Waals surface area contributed by atoms with Gasteiger partial charge in [0.25, 0.3) is 0 Å². The van der Waals surface area contributed by atoms with E-state index in [0.29, 0.717) is 0 Å². The fourth-order valence-corrected chi connectivity index (χ4v) is 4.24. The van der Waals surface area contributed by atoms with Crippen LogP contribution in [0.25, 0.3) is 0 Å². The zero-order chi connectivity index (χ0) is 15.0. The van der Waals surface area contributed by atoms with Crippen LogP contribution in [0.15, 0.2) is 18.5 Å². The number of rotatable bonds is 6. The summed E-state index contributed by atoms with van der Waals surface area (Å²) in [6.07, 6.45) is 7.64. The van der Waals surface area contributed by atoms with Crippen molar-refractivity contribution in [3.8, 4) is 0 Å². The predicted octanol–water partition coefficient (Wildman–Crippen LogP) is 1.47. The molecule has 2 aliphatic rings. The lowest BCUT2D eigenvalue weighted by molar-refractivity contribution is 0.251. The summed E-state index contributed by atoms with van der Waals surface area (Å²) in [6, 6.07) is 2.63. The van der Waals surface area contributed by atoms with Crippen LogP contribution in [0.4, 0.5) is 5.95 Å². The zero-order valence-electron chi connectivity index (χ0n) is 13.3. The largest absolute Gasteiger partial charge is 0.338 e. The fraction of sp³-hybridized carbons (Fsp3) is 0.750. The van der Waals surface area contributed by atoms with Gasteiger partial charge >= 0.3 is 0 Å². The third kappa shape index (κ3) is 4.83. The minimum atomic E-state index is 0.755.